The van der Waals surface area contributed by atoms with Crippen LogP contribution >= 0.6 is 0 Å². The predicted molar refractivity (Wildman–Crippen MR) is 78.5 cm³/mol. The quantitative estimate of drug-likeness (QED) is 0.917. The maximum Gasteiger partial charge on any atom is 0.246 e. The summed E-state index contributed by atoms with van der Waals surface area (Å²) in [7, 11) is -2.09. The van der Waals surface area contributed by atoms with Crippen molar-refractivity contribution in [1.29, 1.82) is 0 Å². The highest BCUT2D eigenvalue weighted by Gasteiger charge is 2.42. The summed E-state index contributed by atoms with van der Waals surface area (Å²) in [6.45, 7) is 1.04. The van der Waals surface area contributed by atoms with Crippen LogP contribution in [0.25, 0.3) is 0 Å². The Morgan fingerprint density at radius 2 is 1.95 bits per heavy atom. The molecule has 1 saturated heterocycles. The number of benzene rings is 1. The first kappa shape index (κ1) is 14.8. The molecule has 2 fully saturated rings. The molecule has 1 saturated carbocycles. The minimum absolute atomic E-state index is 0.163. The third-order valence-corrected chi connectivity index (χ3v) is 6.57. The number of ether oxygens (including phenoxy) is 1. The van der Waals surface area contributed by atoms with Gasteiger partial charge in [0.25, 0.3) is 0 Å². The lowest BCUT2D eigenvalue weighted by Gasteiger charge is -2.19. The van der Waals surface area contributed by atoms with Crippen molar-refractivity contribution in [2.45, 2.75) is 30.8 Å². The van der Waals surface area contributed by atoms with Crippen molar-refractivity contribution < 1.29 is 18.3 Å². The molecular formula is C15H21NO4S. The van der Waals surface area contributed by atoms with Crippen LogP contribution < -0.4 is 4.74 Å². The molecule has 0 spiro atoms. The molecule has 1 N–H and O–H groups in total. The second kappa shape index (κ2) is 5.59. The Hall–Kier alpha value is -1.11. The summed E-state index contributed by atoms with van der Waals surface area (Å²) in [6.07, 6.45) is 3.47. The first-order valence-corrected chi connectivity index (χ1v) is 8.78. The van der Waals surface area contributed by atoms with Crippen LogP contribution in [0, 0.1) is 11.8 Å². The Kier molecular flexibility index (Phi) is 3.94. The minimum atomic E-state index is -3.56. The normalized spacial score (nSPS) is 26.0. The fraction of sp³-hybridized carbons (Fsp3) is 0.600. The molecule has 0 aromatic heterocycles. The van der Waals surface area contributed by atoms with E-state index in [9.17, 15) is 13.5 Å². The highest BCUT2D eigenvalue weighted by Crippen LogP contribution is 2.40. The topological polar surface area (TPSA) is 66.8 Å². The van der Waals surface area contributed by atoms with Crippen LogP contribution in [0.4, 0.5) is 0 Å². The van der Waals surface area contributed by atoms with Crippen LogP contribution in [0.2, 0.25) is 0 Å². The maximum absolute atomic E-state index is 12.9. The summed E-state index contributed by atoms with van der Waals surface area (Å²) in [5, 5.41) is 9.24. The van der Waals surface area contributed by atoms with Crippen LogP contribution in [-0.2, 0) is 16.6 Å². The van der Waals surface area contributed by atoms with Gasteiger partial charge in [-0.05, 0) is 42.4 Å². The molecule has 3 rings (SSSR count). The zero-order chi connectivity index (χ0) is 15.0. The lowest BCUT2D eigenvalue weighted by atomic mass is 10.0. The number of hydrogen-bond acceptors (Lipinski definition) is 4. The Morgan fingerprint density at radius 1 is 1.29 bits per heavy atom. The number of aliphatic hydroxyl groups excluding tert-OH is 1. The molecule has 2 atom stereocenters. The lowest BCUT2D eigenvalue weighted by molar-refractivity contribution is 0.281. The summed E-state index contributed by atoms with van der Waals surface area (Å²) in [5.74, 6) is 1.35. The van der Waals surface area contributed by atoms with E-state index in [1.807, 2.05) is 0 Å². The molecule has 1 heterocycles. The number of sulfonamides is 1. The van der Waals surface area contributed by atoms with Crippen molar-refractivity contribution >= 4 is 10.0 Å². The first-order chi connectivity index (χ1) is 10.1. The maximum atomic E-state index is 12.9. The zero-order valence-electron chi connectivity index (χ0n) is 12.2. The molecule has 2 aliphatic rings. The molecule has 116 valence electrons. The first-order valence-electron chi connectivity index (χ1n) is 7.34. The molecule has 1 aliphatic carbocycles. The average Bonchev–Trinajstić information content (AvgIpc) is 3.08. The summed E-state index contributed by atoms with van der Waals surface area (Å²) < 4.78 is 32.5. The van der Waals surface area contributed by atoms with Crippen LogP contribution in [0.1, 0.15) is 24.8 Å². The third kappa shape index (κ3) is 2.56. The van der Waals surface area contributed by atoms with Gasteiger partial charge in [-0.25, -0.2) is 8.42 Å². The minimum Gasteiger partial charge on any atom is -0.495 e. The van der Waals surface area contributed by atoms with Gasteiger partial charge in [-0.15, -0.1) is 0 Å². The van der Waals surface area contributed by atoms with Gasteiger partial charge in [0, 0.05) is 13.1 Å². The lowest BCUT2D eigenvalue weighted by Crippen LogP contribution is -2.30. The molecule has 0 amide bonds. The van der Waals surface area contributed by atoms with E-state index >= 15 is 0 Å². The Bertz CT molecular complexity index is 617. The van der Waals surface area contributed by atoms with Crippen molar-refractivity contribution in [3.63, 3.8) is 0 Å². The molecular weight excluding hydrogens is 290 g/mol. The summed E-state index contributed by atoms with van der Waals surface area (Å²) in [5.41, 5.74) is 0.578. The summed E-state index contributed by atoms with van der Waals surface area (Å²) in [6, 6.07) is 4.80. The monoisotopic (exact) mass is 311 g/mol. The fourth-order valence-electron chi connectivity index (χ4n) is 3.55. The molecule has 0 bridgehead atoms. The van der Waals surface area contributed by atoms with E-state index in [4.69, 9.17) is 4.74 Å². The fourth-order valence-corrected chi connectivity index (χ4v) is 5.31. The van der Waals surface area contributed by atoms with Crippen molar-refractivity contribution in [3.8, 4) is 5.75 Å². The van der Waals surface area contributed by atoms with Crippen LogP contribution in [0.3, 0.4) is 0 Å². The average molecular weight is 311 g/mol. The van der Waals surface area contributed by atoms with Gasteiger partial charge in [0.15, 0.2) is 0 Å². The van der Waals surface area contributed by atoms with Gasteiger partial charge in [-0.2, -0.15) is 4.31 Å². The number of fused-ring (bicyclic) bond motifs is 1. The van der Waals surface area contributed by atoms with Gasteiger partial charge in [0.05, 0.1) is 13.7 Å². The van der Waals surface area contributed by atoms with Gasteiger partial charge in [0.2, 0.25) is 10.0 Å². The Balaban J connectivity index is 1.94. The molecule has 2 unspecified atom stereocenters. The molecule has 1 aromatic rings. The van der Waals surface area contributed by atoms with E-state index in [2.05, 4.69) is 0 Å². The van der Waals surface area contributed by atoms with E-state index in [0.29, 0.717) is 36.2 Å². The van der Waals surface area contributed by atoms with E-state index in [0.717, 1.165) is 12.8 Å². The van der Waals surface area contributed by atoms with E-state index < -0.39 is 10.0 Å². The van der Waals surface area contributed by atoms with Gasteiger partial charge in [-0.1, -0.05) is 12.5 Å². The molecule has 1 aliphatic heterocycles. The standard InChI is InChI=1S/C15H21NO4S/c1-20-14-6-5-11(10-17)7-15(14)21(18,19)16-8-12-3-2-4-13(12)9-16/h5-7,12-13,17H,2-4,8-10H2,1H3. The highest BCUT2D eigenvalue weighted by atomic mass is 32.2. The zero-order valence-corrected chi connectivity index (χ0v) is 13.0. The molecule has 21 heavy (non-hydrogen) atoms. The summed E-state index contributed by atoms with van der Waals surface area (Å²) in [4.78, 5) is 0.163. The third-order valence-electron chi connectivity index (χ3n) is 4.72. The van der Waals surface area contributed by atoms with E-state index in [1.165, 1.54) is 19.6 Å². The van der Waals surface area contributed by atoms with Gasteiger partial charge in [-0.3, -0.25) is 0 Å². The van der Waals surface area contributed by atoms with Gasteiger partial charge < -0.3 is 9.84 Å². The predicted octanol–water partition coefficient (Wildman–Crippen LogP) is 1.61. The van der Waals surface area contributed by atoms with Crippen molar-refractivity contribution in [1.82, 2.24) is 4.31 Å². The smallest absolute Gasteiger partial charge is 0.246 e. The molecule has 5 nitrogen and oxygen atoms in total. The Labute approximate surface area is 125 Å². The molecule has 1 aromatic carbocycles. The van der Waals surface area contributed by atoms with Crippen molar-refractivity contribution in [2.75, 3.05) is 20.2 Å². The van der Waals surface area contributed by atoms with Gasteiger partial charge >= 0.3 is 0 Å². The number of rotatable bonds is 4. The van der Waals surface area contributed by atoms with E-state index in [1.54, 1.807) is 16.4 Å². The van der Waals surface area contributed by atoms with Crippen molar-refractivity contribution in [2.24, 2.45) is 11.8 Å². The second-order valence-corrected chi connectivity index (χ2v) is 7.82. The van der Waals surface area contributed by atoms with Crippen LogP contribution in [-0.4, -0.2) is 38.0 Å². The largest absolute Gasteiger partial charge is 0.495 e. The van der Waals surface area contributed by atoms with Crippen LogP contribution in [0.5, 0.6) is 5.75 Å². The van der Waals surface area contributed by atoms with Crippen molar-refractivity contribution in [3.05, 3.63) is 23.8 Å². The summed E-state index contributed by atoms with van der Waals surface area (Å²) >= 11 is 0. The number of hydrogen-bond donors (Lipinski definition) is 1. The molecule has 6 heteroatoms. The van der Waals surface area contributed by atoms with Gasteiger partial charge in [0.1, 0.15) is 10.6 Å². The Morgan fingerprint density at radius 3 is 2.52 bits per heavy atom. The highest BCUT2D eigenvalue weighted by molar-refractivity contribution is 7.89. The number of nitrogens with zero attached hydrogens (tertiary/aromatic N) is 1. The second-order valence-electron chi connectivity index (χ2n) is 5.92. The molecule has 0 radical (unpaired) electrons. The van der Waals surface area contributed by atoms with E-state index in [-0.39, 0.29) is 11.5 Å². The number of aliphatic hydroxyl groups is 1. The SMILES string of the molecule is COc1ccc(CO)cc1S(=O)(=O)N1CC2CCCC2C1. The van der Waals surface area contributed by atoms with Crippen LogP contribution in [0.15, 0.2) is 23.1 Å². The number of methoxy groups -OCH3 is 1.